The topological polar surface area (TPSA) is 134 Å². The Hall–Kier alpha value is -2.66. The fourth-order valence-corrected chi connectivity index (χ4v) is 4.18. The molecule has 0 bridgehead atoms. The first kappa shape index (κ1) is 30.4. The van der Waals surface area contributed by atoms with Crippen LogP contribution in [-0.4, -0.2) is 57.1 Å². The van der Waals surface area contributed by atoms with Crippen molar-refractivity contribution >= 4 is 28.1 Å². The second-order valence-electron chi connectivity index (χ2n) is 9.79. The van der Waals surface area contributed by atoms with Gasteiger partial charge < -0.3 is 19.5 Å². The number of rotatable bonds is 12. The van der Waals surface area contributed by atoms with Crippen molar-refractivity contribution in [3.8, 4) is 0 Å². The molecule has 0 aromatic heterocycles. The van der Waals surface area contributed by atoms with Gasteiger partial charge in [0.05, 0.1) is 24.4 Å². The molecule has 1 N–H and O–H groups in total. The Morgan fingerprint density at radius 2 is 1.60 bits per heavy atom. The molecule has 2 unspecified atom stereocenters. The zero-order valence-corrected chi connectivity index (χ0v) is 22.3. The number of ether oxygens (including phenoxy) is 3. The van der Waals surface area contributed by atoms with E-state index in [1.54, 1.807) is 52.0 Å². The Morgan fingerprint density at radius 3 is 2.14 bits per heavy atom. The fraction of sp³-hybridized carbons (Fsp3) is 0.625. The maximum Gasteiger partial charge on any atom is 0.408 e. The number of benzene rings is 1. The van der Waals surface area contributed by atoms with Crippen LogP contribution >= 0.6 is 0 Å². The van der Waals surface area contributed by atoms with Gasteiger partial charge in [-0.15, -0.1) is 0 Å². The van der Waals surface area contributed by atoms with Crippen LogP contribution in [-0.2, 0) is 44.7 Å². The lowest BCUT2D eigenvalue weighted by Crippen LogP contribution is -2.49. The van der Waals surface area contributed by atoms with Crippen LogP contribution in [0.1, 0.15) is 54.0 Å². The average Bonchev–Trinajstić information content (AvgIpc) is 2.74. The van der Waals surface area contributed by atoms with Gasteiger partial charge in [0.15, 0.2) is 0 Å². The minimum absolute atomic E-state index is 0.0597. The van der Waals surface area contributed by atoms with Crippen molar-refractivity contribution in [3.63, 3.8) is 0 Å². The maximum absolute atomic E-state index is 12.8. The summed E-state index contributed by atoms with van der Waals surface area (Å²) in [6.07, 6.45) is -0.896. The van der Waals surface area contributed by atoms with E-state index in [1.807, 2.05) is 6.07 Å². The van der Waals surface area contributed by atoms with E-state index in [0.717, 1.165) is 5.56 Å². The van der Waals surface area contributed by atoms with Crippen molar-refractivity contribution in [3.05, 3.63) is 35.9 Å². The van der Waals surface area contributed by atoms with Crippen molar-refractivity contribution in [2.24, 2.45) is 11.3 Å². The number of hydrogen-bond acceptors (Lipinski definition) is 9. The van der Waals surface area contributed by atoms with Crippen LogP contribution in [0.15, 0.2) is 30.3 Å². The van der Waals surface area contributed by atoms with Gasteiger partial charge >= 0.3 is 18.0 Å². The highest BCUT2D eigenvalue weighted by Crippen LogP contribution is 2.21. The monoisotopic (exact) mass is 515 g/mol. The number of nitrogens with one attached hydrogen (secondary N) is 1. The molecule has 0 heterocycles. The predicted octanol–water partition coefficient (Wildman–Crippen LogP) is 3.19. The van der Waals surface area contributed by atoms with E-state index in [4.69, 9.17) is 18.4 Å². The number of amides is 1. The van der Waals surface area contributed by atoms with Gasteiger partial charge in [-0.25, -0.2) is 9.59 Å². The molecule has 1 aromatic carbocycles. The first-order valence-electron chi connectivity index (χ1n) is 11.3. The Kier molecular flexibility index (Phi) is 11.2. The molecule has 198 valence electrons. The maximum atomic E-state index is 12.8. The van der Waals surface area contributed by atoms with Crippen LogP contribution in [0, 0.1) is 11.3 Å². The highest BCUT2D eigenvalue weighted by atomic mass is 32.2. The van der Waals surface area contributed by atoms with Crippen molar-refractivity contribution < 1.29 is 41.2 Å². The van der Waals surface area contributed by atoms with E-state index in [1.165, 1.54) is 20.8 Å². The summed E-state index contributed by atoms with van der Waals surface area (Å²) in [4.78, 5) is 37.2. The molecule has 0 saturated heterocycles. The van der Waals surface area contributed by atoms with Gasteiger partial charge in [-0.05, 0) is 47.1 Å². The van der Waals surface area contributed by atoms with Crippen LogP contribution in [0.3, 0.4) is 0 Å². The van der Waals surface area contributed by atoms with Crippen LogP contribution in [0.5, 0.6) is 0 Å². The normalized spacial score (nSPS) is 13.9. The molecule has 0 aliphatic heterocycles. The molecule has 1 amide bonds. The third-order valence-electron chi connectivity index (χ3n) is 4.61. The highest BCUT2D eigenvalue weighted by molar-refractivity contribution is 7.86. The molecular formula is C24H37NO9S. The molecule has 1 rings (SSSR count). The number of esters is 2. The highest BCUT2D eigenvalue weighted by Gasteiger charge is 2.36. The molecular weight excluding hydrogens is 478 g/mol. The molecule has 1 aromatic rings. The summed E-state index contributed by atoms with van der Waals surface area (Å²) in [5.41, 5.74) is -1.31. The molecule has 0 aliphatic rings. The molecule has 0 aliphatic carbocycles. The fourth-order valence-electron chi connectivity index (χ4n) is 2.78. The number of carbonyl (C=O) groups is 3. The summed E-state index contributed by atoms with van der Waals surface area (Å²) in [5.74, 6) is -2.99. The van der Waals surface area contributed by atoms with Gasteiger partial charge in [0.1, 0.15) is 18.2 Å². The van der Waals surface area contributed by atoms with Gasteiger partial charge in [0.2, 0.25) is 0 Å². The molecule has 0 radical (unpaired) electrons. The van der Waals surface area contributed by atoms with E-state index in [0.29, 0.717) is 0 Å². The molecule has 11 heteroatoms. The predicted molar refractivity (Wildman–Crippen MR) is 129 cm³/mol. The van der Waals surface area contributed by atoms with Crippen molar-refractivity contribution in [1.82, 2.24) is 5.32 Å². The Balaban J connectivity index is 2.93. The second kappa shape index (κ2) is 12.9. The van der Waals surface area contributed by atoms with Crippen LogP contribution in [0.25, 0.3) is 0 Å². The standard InChI is InChI=1S/C24H37NO9S/c1-8-31-21(27)24(6,7)16-33-35(29,30)15-17(2)19(25-22(28)34-23(3,4)5)20(26)32-14-18-12-10-9-11-13-18/h9-13,17,19H,8,14-16H2,1-7H3,(H,25,28). The molecule has 0 fully saturated rings. The van der Waals surface area contributed by atoms with Crippen LogP contribution in [0.4, 0.5) is 4.79 Å². The van der Waals surface area contributed by atoms with E-state index < -0.39 is 63.5 Å². The van der Waals surface area contributed by atoms with Crippen LogP contribution < -0.4 is 5.32 Å². The zero-order chi connectivity index (χ0) is 26.9. The molecule has 0 saturated carbocycles. The van der Waals surface area contributed by atoms with Gasteiger partial charge in [0, 0.05) is 5.92 Å². The quantitative estimate of drug-likeness (QED) is 0.253. The lowest BCUT2D eigenvalue weighted by molar-refractivity contribution is -0.155. The Morgan fingerprint density at radius 1 is 1.00 bits per heavy atom. The Labute approximate surface area is 207 Å². The largest absolute Gasteiger partial charge is 0.466 e. The number of carbonyl (C=O) groups excluding carboxylic acids is 3. The molecule has 10 nitrogen and oxygen atoms in total. The minimum atomic E-state index is -4.19. The van der Waals surface area contributed by atoms with Crippen molar-refractivity contribution in [2.75, 3.05) is 19.0 Å². The number of hydrogen-bond donors (Lipinski definition) is 1. The van der Waals surface area contributed by atoms with Gasteiger partial charge in [-0.1, -0.05) is 37.3 Å². The smallest absolute Gasteiger partial charge is 0.408 e. The zero-order valence-electron chi connectivity index (χ0n) is 21.5. The summed E-state index contributed by atoms with van der Waals surface area (Å²) in [6.45, 7) is 10.7. The van der Waals surface area contributed by atoms with Crippen LogP contribution in [0.2, 0.25) is 0 Å². The summed E-state index contributed by atoms with van der Waals surface area (Å²) in [5, 5.41) is 2.41. The second-order valence-corrected chi connectivity index (χ2v) is 11.5. The summed E-state index contributed by atoms with van der Waals surface area (Å²) < 4.78 is 45.8. The van der Waals surface area contributed by atoms with Crippen molar-refractivity contribution in [2.45, 2.75) is 66.7 Å². The third-order valence-corrected chi connectivity index (χ3v) is 6.02. The van der Waals surface area contributed by atoms with E-state index >= 15 is 0 Å². The Bertz CT molecular complexity index is 953. The minimum Gasteiger partial charge on any atom is -0.466 e. The van der Waals surface area contributed by atoms with Crippen molar-refractivity contribution in [1.29, 1.82) is 0 Å². The third kappa shape index (κ3) is 11.5. The van der Waals surface area contributed by atoms with Gasteiger partial charge in [-0.3, -0.25) is 8.98 Å². The molecule has 0 spiro atoms. The first-order valence-corrected chi connectivity index (χ1v) is 12.9. The first-order chi connectivity index (χ1) is 16.1. The van der Waals surface area contributed by atoms with E-state index in [2.05, 4.69) is 5.32 Å². The van der Waals surface area contributed by atoms with Gasteiger partial charge in [0.25, 0.3) is 10.1 Å². The summed E-state index contributed by atoms with van der Waals surface area (Å²) >= 11 is 0. The van der Waals surface area contributed by atoms with E-state index in [-0.39, 0.29) is 13.2 Å². The number of alkyl carbamates (subject to hydrolysis) is 1. The molecule has 35 heavy (non-hydrogen) atoms. The SMILES string of the molecule is CCOC(=O)C(C)(C)COS(=O)(=O)CC(C)C(NC(=O)OC(C)(C)C)C(=O)OCc1ccccc1. The average molecular weight is 516 g/mol. The van der Waals surface area contributed by atoms with Gasteiger partial charge in [-0.2, -0.15) is 8.42 Å². The summed E-state index contributed by atoms with van der Waals surface area (Å²) in [6, 6.07) is 7.57. The van der Waals surface area contributed by atoms with E-state index in [9.17, 15) is 22.8 Å². The molecule has 2 atom stereocenters. The lowest BCUT2D eigenvalue weighted by Gasteiger charge is -2.26. The summed E-state index contributed by atoms with van der Waals surface area (Å²) in [7, 11) is -4.19. The lowest BCUT2D eigenvalue weighted by atomic mass is 9.95.